The lowest BCUT2D eigenvalue weighted by molar-refractivity contribution is 0.276. The van der Waals surface area contributed by atoms with Gasteiger partial charge in [0.05, 0.1) is 0 Å². The lowest BCUT2D eigenvalue weighted by Gasteiger charge is -2.20. The van der Waals surface area contributed by atoms with Crippen LogP contribution in [0.4, 0.5) is 0 Å². The Labute approximate surface area is 117 Å². The average molecular weight is 306 g/mol. The van der Waals surface area contributed by atoms with Crippen LogP contribution in [0.1, 0.15) is 65.2 Å². The van der Waals surface area contributed by atoms with Crippen LogP contribution in [0.25, 0.3) is 0 Å². The van der Waals surface area contributed by atoms with Gasteiger partial charge in [-0.2, -0.15) is 0 Å². The Morgan fingerprint density at radius 3 is 2.00 bits per heavy atom. The molecule has 0 amide bonds. The second-order valence-corrected chi connectivity index (χ2v) is 6.23. The Morgan fingerprint density at radius 1 is 0.941 bits per heavy atom. The maximum absolute atomic E-state index is 3.48. The Morgan fingerprint density at radius 2 is 1.47 bits per heavy atom. The highest BCUT2D eigenvalue weighted by molar-refractivity contribution is 9.09. The van der Waals surface area contributed by atoms with Gasteiger partial charge in [0.25, 0.3) is 0 Å². The molecule has 0 fully saturated rings. The van der Waals surface area contributed by atoms with Gasteiger partial charge in [0, 0.05) is 11.9 Å². The van der Waals surface area contributed by atoms with Gasteiger partial charge in [-0.1, -0.05) is 68.3 Å². The normalized spacial score (nSPS) is 13.2. The van der Waals surface area contributed by atoms with Gasteiger partial charge < -0.3 is 4.90 Å². The van der Waals surface area contributed by atoms with E-state index in [9.17, 15) is 0 Å². The standard InChI is InChI=1S/C15H32BrN/c1-4-15(2)14-17(3)13-11-9-7-5-6-8-10-12-16/h15H,4-14H2,1-3H3. The smallest absolute Gasteiger partial charge is 0.00313 e. The summed E-state index contributed by atoms with van der Waals surface area (Å²) in [5.41, 5.74) is 0. The van der Waals surface area contributed by atoms with E-state index in [1.54, 1.807) is 0 Å². The molecule has 0 spiro atoms. The average Bonchev–Trinajstić information content (AvgIpc) is 2.32. The maximum Gasteiger partial charge on any atom is 0.00313 e. The van der Waals surface area contributed by atoms with Crippen molar-refractivity contribution in [2.75, 3.05) is 25.5 Å². The number of halogens is 1. The van der Waals surface area contributed by atoms with Crippen LogP contribution in [0, 0.1) is 5.92 Å². The molecule has 0 aromatic rings. The minimum Gasteiger partial charge on any atom is -0.306 e. The van der Waals surface area contributed by atoms with E-state index in [2.05, 4.69) is 41.7 Å². The first-order chi connectivity index (χ1) is 8.20. The molecule has 0 radical (unpaired) electrons. The first-order valence-electron chi connectivity index (χ1n) is 7.45. The topological polar surface area (TPSA) is 3.24 Å². The molecule has 0 heterocycles. The Kier molecular flexibility index (Phi) is 13.2. The number of alkyl halides is 1. The van der Waals surface area contributed by atoms with Crippen molar-refractivity contribution in [3.8, 4) is 0 Å². The van der Waals surface area contributed by atoms with Gasteiger partial charge >= 0.3 is 0 Å². The zero-order chi connectivity index (χ0) is 12.9. The third kappa shape index (κ3) is 12.7. The van der Waals surface area contributed by atoms with Gasteiger partial charge in [0.2, 0.25) is 0 Å². The minimum atomic E-state index is 0.851. The zero-order valence-electron chi connectivity index (χ0n) is 12.2. The zero-order valence-corrected chi connectivity index (χ0v) is 13.8. The van der Waals surface area contributed by atoms with Crippen molar-refractivity contribution >= 4 is 15.9 Å². The van der Waals surface area contributed by atoms with Gasteiger partial charge in [-0.25, -0.2) is 0 Å². The molecule has 0 aliphatic rings. The SMILES string of the molecule is CCC(C)CN(C)CCCCCCCCCBr. The van der Waals surface area contributed by atoms with E-state index in [0.717, 1.165) is 5.92 Å². The van der Waals surface area contributed by atoms with E-state index in [1.165, 1.54) is 69.8 Å². The number of nitrogens with zero attached hydrogens (tertiary/aromatic N) is 1. The molecule has 1 unspecified atom stereocenters. The molecule has 0 saturated heterocycles. The summed E-state index contributed by atoms with van der Waals surface area (Å²) in [5, 5.41) is 1.17. The summed E-state index contributed by atoms with van der Waals surface area (Å²) in [5.74, 6) is 0.851. The first kappa shape index (κ1) is 17.4. The number of hydrogen-bond donors (Lipinski definition) is 0. The summed E-state index contributed by atoms with van der Waals surface area (Å²) in [7, 11) is 2.27. The van der Waals surface area contributed by atoms with Crippen LogP contribution in [0.3, 0.4) is 0 Å². The molecule has 0 aliphatic heterocycles. The number of unbranched alkanes of at least 4 members (excludes halogenated alkanes) is 6. The fraction of sp³-hybridized carbons (Fsp3) is 1.00. The van der Waals surface area contributed by atoms with Crippen LogP contribution in [-0.2, 0) is 0 Å². The van der Waals surface area contributed by atoms with E-state index in [0.29, 0.717) is 0 Å². The molecule has 17 heavy (non-hydrogen) atoms. The fourth-order valence-corrected chi connectivity index (χ4v) is 2.51. The van der Waals surface area contributed by atoms with Crippen molar-refractivity contribution in [2.45, 2.75) is 65.2 Å². The summed E-state index contributed by atoms with van der Waals surface area (Å²) in [4.78, 5) is 2.50. The predicted molar refractivity (Wildman–Crippen MR) is 83.1 cm³/mol. The van der Waals surface area contributed by atoms with Crippen LogP contribution >= 0.6 is 15.9 Å². The van der Waals surface area contributed by atoms with Gasteiger partial charge in [0.1, 0.15) is 0 Å². The van der Waals surface area contributed by atoms with Crippen molar-refractivity contribution in [3.05, 3.63) is 0 Å². The molecule has 2 heteroatoms. The van der Waals surface area contributed by atoms with Crippen LogP contribution < -0.4 is 0 Å². The van der Waals surface area contributed by atoms with Crippen LogP contribution in [-0.4, -0.2) is 30.4 Å². The molecule has 104 valence electrons. The maximum atomic E-state index is 3.48. The highest BCUT2D eigenvalue weighted by atomic mass is 79.9. The quantitative estimate of drug-likeness (QED) is 0.358. The van der Waals surface area contributed by atoms with Crippen molar-refractivity contribution in [2.24, 2.45) is 5.92 Å². The monoisotopic (exact) mass is 305 g/mol. The molecule has 0 rings (SSSR count). The summed E-state index contributed by atoms with van der Waals surface area (Å²) in [6, 6.07) is 0. The molecule has 0 N–H and O–H groups in total. The third-order valence-electron chi connectivity index (χ3n) is 3.49. The summed E-state index contributed by atoms with van der Waals surface area (Å²) in [6.07, 6.45) is 11.1. The van der Waals surface area contributed by atoms with Crippen molar-refractivity contribution < 1.29 is 0 Å². The van der Waals surface area contributed by atoms with Gasteiger partial charge in [-0.15, -0.1) is 0 Å². The molecule has 0 saturated carbocycles. The molecule has 0 bridgehead atoms. The predicted octanol–water partition coefficient (Wildman–Crippen LogP) is 5.09. The minimum absolute atomic E-state index is 0.851. The molecule has 0 aliphatic carbocycles. The van der Waals surface area contributed by atoms with E-state index in [4.69, 9.17) is 0 Å². The van der Waals surface area contributed by atoms with E-state index in [1.807, 2.05) is 0 Å². The molecule has 1 nitrogen and oxygen atoms in total. The lowest BCUT2D eigenvalue weighted by atomic mass is 10.1. The van der Waals surface area contributed by atoms with Gasteiger partial charge in [0.15, 0.2) is 0 Å². The van der Waals surface area contributed by atoms with Crippen LogP contribution in [0.2, 0.25) is 0 Å². The highest BCUT2D eigenvalue weighted by Crippen LogP contribution is 2.09. The second-order valence-electron chi connectivity index (χ2n) is 5.44. The number of rotatable bonds is 12. The Balaban J connectivity index is 3.16. The van der Waals surface area contributed by atoms with Crippen LogP contribution in [0.15, 0.2) is 0 Å². The summed E-state index contributed by atoms with van der Waals surface area (Å²) >= 11 is 3.48. The third-order valence-corrected chi connectivity index (χ3v) is 4.05. The summed E-state index contributed by atoms with van der Waals surface area (Å²) in [6.45, 7) is 7.18. The highest BCUT2D eigenvalue weighted by Gasteiger charge is 2.03. The number of hydrogen-bond acceptors (Lipinski definition) is 1. The Hall–Kier alpha value is 0.440. The molecule has 1 atom stereocenters. The molecular weight excluding hydrogens is 274 g/mol. The second kappa shape index (κ2) is 12.9. The molecular formula is C15H32BrN. The van der Waals surface area contributed by atoms with Gasteiger partial charge in [-0.3, -0.25) is 0 Å². The molecule has 0 aromatic carbocycles. The lowest BCUT2D eigenvalue weighted by Crippen LogP contribution is -2.25. The largest absolute Gasteiger partial charge is 0.306 e. The molecule has 0 aromatic heterocycles. The van der Waals surface area contributed by atoms with Crippen molar-refractivity contribution in [1.29, 1.82) is 0 Å². The van der Waals surface area contributed by atoms with E-state index in [-0.39, 0.29) is 0 Å². The first-order valence-corrected chi connectivity index (χ1v) is 8.57. The van der Waals surface area contributed by atoms with E-state index >= 15 is 0 Å². The Bertz CT molecular complexity index is 150. The van der Waals surface area contributed by atoms with Crippen molar-refractivity contribution in [3.63, 3.8) is 0 Å². The fourth-order valence-electron chi connectivity index (χ4n) is 2.11. The van der Waals surface area contributed by atoms with E-state index < -0.39 is 0 Å². The van der Waals surface area contributed by atoms with Gasteiger partial charge in [-0.05, 0) is 32.4 Å². The van der Waals surface area contributed by atoms with Crippen LogP contribution in [0.5, 0.6) is 0 Å². The summed E-state index contributed by atoms with van der Waals surface area (Å²) < 4.78 is 0. The van der Waals surface area contributed by atoms with Crippen molar-refractivity contribution in [1.82, 2.24) is 4.90 Å².